The highest BCUT2D eigenvalue weighted by atomic mass is 35.5. The van der Waals surface area contributed by atoms with Gasteiger partial charge in [-0.3, -0.25) is 14.4 Å². The normalized spacial score (nSPS) is 30.4. The number of amides is 3. The number of aryl methyl sites for hydroxylation is 1. The molecular weight excluding hydrogens is 534 g/mol. The molecule has 0 radical (unpaired) electrons. The molecule has 40 heavy (non-hydrogen) atoms. The van der Waals surface area contributed by atoms with Crippen molar-refractivity contribution in [3.05, 3.63) is 53.1 Å². The third-order valence-electron chi connectivity index (χ3n) is 8.81. The zero-order chi connectivity index (χ0) is 28.8. The molecule has 2 bridgehead atoms. The van der Waals surface area contributed by atoms with Crippen LogP contribution in [0.5, 0.6) is 5.75 Å². The fraction of sp³-hybridized carbons (Fsp3) is 0.500. The first-order chi connectivity index (χ1) is 19.1. The number of carbonyl (C=O) groups is 3. The summed E-state index contributed by atoms with van der Waals surface area (Å²) in [6.45, 7) is 8.15. The van der Waals surface area contributed by atoms with Gasteiger partial charge in [0.1, 0.15) is 17.4 Å². The molecule has 3 unspecified atom stereocenters. The summed E-state index contributed by atoms with van der Waals surface area (Å²) >= 11 is 6.41. The second kappa shape index (κ2) is 10.7. The number of carbonyl (C=O) groups excluding carboxylic acids is 3. The molecule has 9 nitrogen and oxygen atoms in total. The van der Waals surface area contributed by atoms with Crippen LogP contribution in [-0.2, 0) is 19.1 Å². The highest BCUT2D eigenvalue weighted by Gasteiger charge is 2.79. The lowest BCUT2D eigenvalue weighted by atomic mass is 9.62. The van der Waals surface area contributed by atoms with Crippen LogP contribution in [0.1, 0.15) is 39.2 Å². The van der Waals surface area contributed by atoms with Crippen molar-refractivity contribution >= 4 is 40.7 Å². The molecule has 3 aliphatic heterocycles. The standard InChI is InChI=1S/C30H36ClN3O6/c1-5-39-20-12-10-19(11-13-20)32-26(36)22-23-28(38)34(14-7-15-35)25(30(23)16-18(3)29(22,4)40-30)27(37)33-24-17(2)8-6-9-21(24)31/h6,8-13,18,22-23,25,35H,5,7,14-16H2,1-4H3,(H,32,36)(H,33,37)/t18?,22-,23-,25?,29+,30?/m0/s1. The predicted octanol–water partition coefficient (Wildman–Crippen LogP) is 4.02. The molecule has 3 aliphatic rings. The largest absolute Gasteiger partial charge is 0.494 e. The van der Waals surface area contributed by atoms with Crippen LogP contribution in [0.25, 0.3) is 0 Å². The Morgan fingerprint density at radius 3 is 2.55 bits per heavy atom. The summed E-state index contributed by atoms with van der Waals surface area (Å²) in [7, 11) is 0. The number of ether oxygens (including phenoxy) is 2. The summed E-state index contributed by atoms with van der Waals surface area (Å²) in [6, 6.07) is 11.4. The minimum Gasteiger partial charge on any atom is -0.494 e. The van der Waals surface area contributed by atoms with Crippen LogP contribution < -0.4 is 15.4 Å². The van der Waals surface area contributed by atoms with E-state index in [0.29, 0.717) is 41.6 Å². The quantitative estimate of drug-likeness (QED) is 0.420. The van der Waals surface area contributed by atoms with Crippen LogP contribution in [-0.4, -0.2) is 64.7 Å². The third kappa shape index (κ3) is 4.44. The number of fused-ring (bicyclic) bond motifs is 1. The number of aliphatic hydroxyl groups excluding tert-OH is 1. The van der Waals surface area contributed by atoms with Gasteiger partial charge in [0.25, 0.3) is 0 Å². The number of nitrogens with one attached hydrogen (secondary N) is 2. The van der Waals surface area contributed by atoms with Gasteiger partial charge in [-0.25, -0.2) is 0 Å². The number of halogens is 1. The first kappa shape index (κ1) is 28.4. The molecule has 214 valence electrons. The maximum Gasteiger partial charge on any atom is 0.250 e. The van der Waals surface area contributed by atoms with Crippen LogP contribution in [0.3, 0.4) is 0 Å². The Hall–Kier alpha value is -3.14. The van der Waals surface area contributed by atoms with Crippen molar-refractivity contribution in [3.8, 4) is 5.75 Å². The Bertz CT molecular complexity index is 1300. The molecular formula is C30H36ClN3O6. The van der Waals surface area contributed by atoms with Gasteiger partial charge in [0, 0.05) is 18.8 Å². The van der Waals surface area contributed by atoms with Crippen LogP contribution in [0, 0.1) is 24.7 Å². The fourth-order valence-electron chi connectivity index (χ4n) is 6.92. The van der Waals surface area contributed by atoms with Crippen LogP contribution in [0.4, 0.5) is 11.4 Å². The lowest BCUT2D eigenvalue weighted by Gasteiger charge is -2.36. The first-order valence-electron chi connectivity index (χ1n) is 13.8. The number of para-hydroxylation sites is 1. The lowest BCUT2D eigenvalue weighted by Crippen LogP contribution is -2.54. The Morgan fingerprint density at radius 1 is 1.18 bits per heavy atom. The number of rotatable bonds is 9. The Kier molecular flexibility index (Phi) is 7.58. The maximum atomic E-state index is 14.1. The second-order valence-electron chi connectivity index (χ2n) is 11.2. The molecule has 0 aliphatic carbocycles. The van der Waals surface area contributed by atoms with E-state index in [1.54, 1.807) is 36.4 Å². The maximum absolute atomic E-state index is 14.1. The van der Waals surface area contributed by atoms with Crippen LogP contribution >= 0.6 is 11.6 Å². The van der Waals surface area contributed by atoms with Gasteiger partial charge in [0.05, 0.1) is 34.8 Å². The molecule has 0 saturated carbocycles. The number of likely N-dealkylation sites (tertiary alicyclic amines) is 1. The van der Waals surface area contributed by atoms with Crippen molar-refractivity contribution in [2.24, 2.45) is 17.8 Å². The van der Waals surface area contributed by atoms with Crippen molar-refractivity contribution in [3.63, 3.8) is 0 Å². The number of anilines is 2. The average molecular weight is 570 g/mol. The topological polar surface area (TPSA) is 117 Å². The summed E-state index contributed by atoms with van der Waals surface area (Å²) in [5, 5.41) is 15.9. The number of hydrogen-bond acceptors (Lipinski definition) is 6. The molecule has 3 heterocycles. The number of aliphatic hydroxyl groups is 1. The minimum absolute atomic E-state index is 0.0947. The summed E-state index contributed by atoms with van der Waals surface area (Å²) in [5.41, 5.74) is -0.309. The van der Waals surface area contributed by atoms with Crippen molar-refractivity contribution in [2.75, 3.05) is 30.4 Å². The Balaban J connectivity index is 1.50. The predicted molar refractivity (Wildman–Crippen MR) is 151 cm³/mol. The van der Waals surface area contributed by atoms with E-state index in [9.17, 15) is 19.5 Å². The Morgan fingerprint density at radius 2 is 1.90 bits per heavy atom. The van der Waals surface area contributed by atoms with E-state index in [1.165, 1.54) is 4.90 Å². The van der Waals surface area contributed by atoms with E-state index < -0.39 is 35.0 Å². The molecule has 5 rings (SSSR count). The third-order valence-corrected chi connectivity index (χ3v) is 9.12. The van der Waals surface area contributed by atoms with Crippen molar-refractivity contribution in [1.29, 1.82) is 0 Å². The van der Waals surface area contributed by atoms with Crippen LogP contribution in [0.15, 0.2) is 42.5 Å². The molecule has 3 saturated heterocycles. The van der Waals surface area contributed by atoms with Gasteiger partial charge in [-0.05, 0) is 75.4 Å². The van der Waals surface area contributed by atoms with Crippen LogP contribution in [0.2, 0.25) is 5.02 Å². The molecule has 10 heteroatoms. The molecule has 6 atom stereocenters. The fourth-order valence-corrected chi connectivity index (χ4v) is 7.19. The van der Waals surface area contributed by atoms with Gasteiger partial charge in [0.2, 0.25) is 17.7 Å². The van der Waals surface area contributed by atoms with Crippen molar-refractivity contribution in [2.45, 2.75) is 57.8 Å². The van der Waals surface area contributed by atoms with Crippen molar-refractivity contribution in [1.82, 2.24) is 4.90 Å². The zero-order valence-electron chi connectivity index (χ0n) is 23.2. The number of hydrogen-bond donors (Lipinski definition) is 3. The van der Waals surface area contributed by atoms with Gasteiger partial charge >= 0.3 is 0 Å². The highest BCUT2D eigenvalue weighted by Crippen LogP contribution is 2.65. The first-order valence-corrected chi connectivity index (χ1v) is 14.2. The monoisotopic (exact) mass is 569 g/mol. The van der Waals surface area contributed by atoms with Gasteiger partial charge in [-0.15, -0.1) is 0 Å². The highest BCUT2D eigenvalue weighted by molar-refractivity contribution is 6.34. The van der Waals surface area contributed by atoms with E-state index in [2.05, 4.69) is 10.6 Å². The number of nitrogens with zero attached hydrogens (tertiary/aromatic N) is 1. The molecule has 2 aromatic rings. The van der Waals surface area contributed by atoms with Crippen molar-refractivity contribution < 1.29 is 29.0 Å². The molecule has 3 N–H and O–H groups in total. The van der Waals surface area contributed by atoms with Gasteiger partial charge in [-0.2, -0.15) is 0 Å². The van der Waals surface area contributed by atoms with E-state index in [0.717, 1.165) is 5.56 Å². The van der Waals surface area contributed by atoms with E-state index >= 15 is 0 Å². The molecule has 1 spiro atoms. The molecule has 3 fully saturated rings. The summed E-state index contributed by atoms with van der Waals surface area (Å²) in [5.74, 6) is -2.13. The SMILES string of the molecule is CCOc1ccc(NC(=O)[C@@H]2[C@H]3C(=O)N(CCCO)C(C(=O)Nc4c(C)cccc4Cl)C34CC(C)[C@@]2(C)O4)cc1. The molecule has 2 aromatic carbocycles. The van der Waals surface area contributed by atoms with E-state index in [4.69, 9.17) is 21.1 Å². The van der Waals surface area contributed by atoms with Gasteiger partial charge in [-0.1, -0.05) is 30.7 Å². The second-order valence-corrected chi connectivity index (χ2v) is 11.6. The lowest BCUT2D eigenvalue weighted by molar-refractivity contribution is -0.144. The summed E-state index contributed by atoms with van der Waals surface area (Å²) in [6.07, 6.45) is 0.737. The number of benzene rings is 2. The van der Waals surface area contributed by atoms with E-state index in [-0.39, 0.29) is 30.9 Å². The summed E-state index contributed by atoms with van der Waals surface area (Å²) in [4.78, 5) is 43.4. The summed E-state index contributed by atoms with van der Waals surface area (Å²) < 4.78 is 12.2. The zero-order valence-corrected chi connectivity index (χ0v) is 24.0. The Labute approximate surface area is 239 Å². The van der Waals surface area contributed by atoms with Gasteiger partial charge < -0.3 is 30.1 Å². The molecule has 0 aromatic heterocycles. The smallest absolute Gasteiger partial charge is 0.250 e. The minimum atomic E-state index is -1.19. The molecule has 3 amide bonds. The average Bonchev–Trinajstić information content (AvgIpc) is 3.42. The van der Waals surface area contributed by atoms with E-state index in [1.807, 2.05) is 33.8 Å². The van der Waals surface area contributed by atoms with Gasteiger partial charge in [0.15, 0.2) is 0 Å².